The summed E-state index contributed by atoms with van der Waals surface area (Å²) in [6.07, 6.45) is 1.06. The number of carbonyl (C=O) groups excluding carboxylic acids is 1. The van der Waals surface area contributed by atoms with Gasteiger partial charge in [-0.3, -0.25) is 9.10 Å². The molecule has 2 aromatic rings. The van der Waals surface area contributed by atoms with Crippen LogP contribution in [-0.4, -0.2) is 33.2 Å². The van der Waals surface area contributed by atoms with Crippen molar-refractivity contribution in [1.82, 2.24) is 5.32 Å². The Bertz CT molecular complexity index is 916. The zero-order valence-electron chi connectivity index (χ0n) is 16.3. The van der Waals surface area contributed by atoms with Crippen LogP contribution in [0.15, 0.2) is 48.5 Å². The van der Waals surface area contributed by atoms with E-state index in [0.29, 0.717) is 17.3 Å². The molecule has 0 spiro atoms. The van der Waals surface area contributed by atoms with Gasteiger partial charge in [0, 0.05) is 5.02 Å². The topological polar surface area (TPSA) is 75.7 Å². The molecule has 2 atom stereocenters. The van der Waals surface area contributed by atoms with E-state index in [4.69, 9.17) is 16.3 Å². The Hall–Kier alpha value is -2.25. The average molecular weight is 425 g/mol. The van der Waals surface area contributed by atoms with Crippen molar-refractivity contribution in [3.05, 3.63) is 59.1 Å². The van der Waals surface area contributed by atoms with Gasteiger partial charge in [-0.25, -0.2) is 8.42 Å². The first-order valence-electron chi connectivity index (χ1n) is 8.91. The molecule has 0 saturated heterocycles. The summed E-state index contributed by atoms with van der Waals surface area (Å²) < 4.78 is 31.2. The molecule has 0 aliphatic rings. The van der Waals surface area contributed by atoms with Gasteiger partial charge in [0.25, 0.3) is 0 Å². The average Bonchev–Trinajstić information content (AvgIpc) is 2.61. The van der Waals surface area contributed by atoms with Gasteiger partial charge in [-0.05, 0) is 56.7 Å². The first-order chi connectivity index (χ1) is 13.1. The first kappa shape index (κ1) is 22.0. The zero-order valence-corrected chi connectivity index (χ0v) is 17.9. The van der Waals surface area contributed by atoms with Crippen molar-refractivity contribution in [3.63, 3.8) is 0 Å². The number of hydrogen-bond donors (Lipinski definition) is 1. The number of ether oxygens (including phenoxy) is 1. The van der Waals surface area contributed by atoms with E-state index in [1.54, 1.807) is 25.1 Å². The minimum Gasteiger partial charge on any atom is -0.494 e. The maximum Gasteiger partial charge on any atom is 0.244 e. The summed E-state index contributed by atoms with van der Waals surface area (Å²) in [7, 11) is -3.69. The second-order valence-electron chi connectivity index (χ2n) is 6.45. The summed E-state index contributed by atoms with van der Waals surface area (Å²) >= 11 is 5.99. The minimum absolute atomic E-state index is 0.300. The zero-order chi connectivity index (χ0) is 20.9. The van der Waals surface area contributed by atoms with Crippen molar-refractivity contribution in [2.24, 2.45) is 0 Å². The predicted octanol–water partition coefficient (Wildman–Crippen LogP) is 3.77. The summed E-state index contributed by atoms with van der Waals surface area (Å²) in [4.78, 5) is 12.8. The van der Waals surface area contributed by atoms with E-state index in [1.807, 2.05) is 38.1 Å². The summed E-state index contributed by atoms with van der Waals surface area (Å²) in [5, 5.41) is 3.26. The highest BCUT2D eigenvalue weighted by molar-refractivity contribution is 7.92. The third-order valence-electron chi connectivity index (χ3n) is 4.20. The number of halogens is 1. The predicted molar refractivity (Wildman–Crippen MR) is 112 cm³/mol. The lowest BCUT2D eigenvalue weighted by atomic mass is 10.1. The Morgan fingerprint density at radius 1 is 1.18 bits per heavy atom. The van der Waals surface area contributed by atoms with Gasteiger partial charge in [-0.1, -0.05) is 29.8 Å². The summed E-state index contributed by atoms with van der Waals surface area (Å²) in [5.74, 6) is 0.342. The van der Waals surface area contributed by atoms with E-state index in [2.05, 4.69) is 5.32 Å². The molecule has 2 rings (SSSR count). The van der Waals surface area contributed by atoms with Crippen LogP contribution < -0.4 is 14.4 Å². The number of hydrogen-bond acceptors (Lipinski definition) is 4. The van der Waals surface area contributed by atoms with Crippen LogP contribution in [0.3, 0.4) is 0 Å². The Morgan fingerprint density at radius 2 is 1.82 bits per heavy atom. The molecule has 1 N–H and O–H groups in total. The second kappa shape index (κ2) is 9.30. The minimum atomic E-state index is -3.69. The highest BCUT2D eigenvalue weighted by atomic mass is 35.5. The van der Waals surface area contributed by atoms with Crippen molar-refractivity contribution >= 4 is 33.2 Å². The van der Waals surface area contributed by atoms with Gasteiger partial charge in [0.2, 0.25) is 15.9 Å². The molecule has 0 saturated carbocycles. The standard InChI is InChI=1S/C20H25ClN2O4S/c1-5-27-19-11-9-16(10-12-19)14(2)22-20(24)15(3)23(28(4,25)26)18-8-6-7-17(21)13-18/h6-15H,5H2,1-4H3,(H,22,24). The van der Waals surface area contributed by atoms with E-state index in [9.17, 15) is 13.2 Å². The maximum atomic E-state index is 12.8. The van der Waals surface area contributed by atoms with Gasteiger partial charge >= 0.3 is 0 Å². The van der Waals surface area contributed by atoms with E-state index in [1.165, 1.54) is 6.07 Å². The van der Waals surface area contributed by atoms with Crippen LogP contribution in [0.4, 0.5) is 5.69 Å². The van der Waals surface area contributed by atoms with Crippen LogP contribution in [0, 0.1) is 0 Å². The molecule has 0 aromatic heterocycles. The number of carbonyl (C=O) groups is 1. The highest BCUT2D eigenvalue weighted by Gasteiger charge is 2.30. The molecule has 0 heterocycles. The van der Waals surface area contributed by atoms with Crippen LogP contribution in [0.5, 0.6) is 5.75 Å². The Balaban J connectivity index is 2.18. The van der Waals surface area contributed by atoms with Crippen LogP contribution in [-0.2, 0) is 14.8 Å². The number of benzene rings is 2. The second-order valence-corrected chi connectivity index (χ2v) is 8.74. The van der Waals surface area contributed by atoms with Gasteiger partial charge in [-0.2, -0.15) is 0 Å². The van der Waals surface area contributed by atoms with Crippen LogP contribution >= 0.6 is 11.6 Å². The van der Waals surface area contributed by atoms with Gasteiger partial charge < -0.3 is 10.1 Å². The summed E-state index contributed by atoms with van der Waals surface area (Å²) in [5.41, 5.74) is 1.23. The molecule has 2 aromatic carbocycles. The Labute approximate surface area is 171 Å². The Morgan fingerprint density at radius 3 is 2.36 bits per heavy atom. The molecule has 0 fully saturated rings. The molecule has 0 aliphatic heterocycles. The third kappa shape index (κ3) is 5.62. The van der Waals surface area contributed by atoms with Crippen LogP contribution in [0.25, 0.3) is 0 Å². The largest absolute Gasteiger partial charge is 0.494 e. The van der Waals surface area contributed by atoms with Gasteiger partial charge in [0.05, 0.1) is 24.6 Å². The van der Waals surface area contributed by atoms with Crippen molar-refractivity contribution in [1.29, 1.82) is 0 Å². The lowest BCUT2D eigenvalue weighted by Crippen LogP contribution is -2.48. The first-order valence-corrected chi connectivity index (χ1v) is 11.1. The fourth-order valence-corrected chi connectivity index (χ4v) is 4.21. The smallest absolute Gasteiger partial charge is 0.244 e. The molecule has 28 heavy (non-hydrogen) atoms. The van der Waals surface area contributed by atoms with Gasteiger partial charge in [-0.15, -0.1) is 0 Å². The maximum absolute atomic E-state index is 12.8. The number of anilines is 1. The van der Waals surface area contributed by atoms with Crippen molar-refractivity contribution < 1.29 is 17.9 Å². The number of rotatable bonds is 8. The fraction of sp³-hybridized carbons (Fsp3) is 0.350. The molecule has 8 heteroatoms. The summed E-state index contributed by atoms with van der Waals surface area (Å²) in [6, 6.07) is 12.6. The van der Waals surface area contributed by atoms with Crippen molar-refractivity contribution in [2.75, 3.05) is 17.2 Å². The molecule has 1 amide bonds. The molecule has 2 unspecified atom stereocenters. The molecule has 152 valence electrons. The lowest BCUT2D eigenvalue weighted by molar-refractivity contribution is -0.122. The van der Waals surface area contributed by atoms with Crippen LogP contribution in [0.2, 0.25) is 5.02 Å². The van der Waals surface area contributed by atoms with E-state index in [-0.39, 0.29) is 6.04 Å². The molecule has 0 aliphatic carbocycles. The quantitative estimate of drug-likeness (QED) is 0.699. The molecular formula is C20H25ClN2O4S. The van der Waals surface area contributed by atoms with Crippen molar-refractivity contribution in [2.45, 2.75) is 32.9 Å². The van der Waals surface area contributed by atoms with E-state index in [0.717, 1.165) is 21.9 Å². The molecular weight excluding hydrogens is 400 g/mol. The molecule has 0 radical (unpaired) electrons. The Kier molecular flexibility index (Phi) is 7.32. The van der Waals surface area contributed by atoms with Gasteiger partial charge in [0.15, 0.2) is 0 Å². The number of nitrogens with zero attached hydrogens (tertiary/aromatic N) is 1. The SMILES string of the molecule is CCOc1ccc(C(C)NC(=O)C(C)N(c2cccc(Cl)c2)S(C)(=O)=O)cc1. The summed E-state index contributed by atoms with van der Waals surface area (Å²) in [6.45, 7) is 5.87. The number of sulfonamides is 1. The van der Waals surface area contributed by atoms with Crippen LogP contribution in [0.1, 0.15) is 32.4 Å². The van der Waals surface area contributed by atoms with Crippen molar-refractivity contribution in [3.8, 4) is 5.75 Å². The van der Waals surface area contributed by atoms with E-state index >= 15 is 0 Å². The molecule has 0 bridgehead atoms. The third-order valence-corrected chi connectivity index (χ3v) is 5.68. The fourth-order valence-electron chi connectivity index (χ4n) is 2.86. The number of amides is 1. The molecule has 6 nitrogen and oxygen atoms in total. The highest BCUT2D eigenvalue weighted by Crippen LogP contribution is 2.25. The van der Waals surface area contributed by atoms with Gasteiger partial charge in [0.1, 0.15) is 11.8 Å². The van der Waals surface area contributed by atoms with E-state index < -0.39 is 22.0 Å². The normalized spacial score (nSPS) is 13.5. The lowest BCUT2D eigenvalue weighted by Gasteiger charge is -2.29. The number of nitrogens with one attached hydrogen (secondary N) is 1. The monoisotopic (exact) mass is 424 g/mol.